The summed E-state index contributed by atoms with van der Waals surface area (Å²) in [4.78, 5) is 4.70. The molecule has 1 N–H and O–H groups in total. The maximum Gasteiger partial charge on any atom is 0.0423 e. The van der Waals surface area contributed by atoms with Crippen molar-refractivity contribution < 1.29 is 0 Å². The molecule has 0 atom stereocenters. The highest BCUT2D eigenvalue weighted by Crippen LogP contribution is 2.25. The average molecular weight is 328 g/mol. The number of benzene rings is 1. The summed E-state index contributed by atoms with van der Waals surface area (Å²) in [5, 5.41) is 3.25. The van der Waals surface area contributed by atoms with Crippen LogP contribution in [0.25, 0.3) is 0 Å². The first-order valence-corrected chi connectivity index (χ1v) is 7.70. The van der Waals surface area contributed by atoms with Gasteiger partial charge in [0.2, 0.25) is 0 Å². The van der Waals surface area contributed by atoms with E-state index in [1.54, 1.807) is 0 Å². The first-order chi connectivity index (χ1) is 9.08. The summed E-state index contributed by atoms with van der Waals surface area (Å²) in [5.41, 5.74) is 2.70. The summed E-state index contributed by atoms with van der Waals surface area (Å²) < 4.78 is 1.15. The molecule has 0 bridgehead atoms. The number of hydrogen-bond donors (Lipinski definition) is 1. The molecule has 1 rings (SSSR count). The van der Waals surface area contributed by atoms with Crippen molar-refractivity contribution in [3.8, 4) is 0 Å². The van der Waals surface area contributed by atoms with Crippen LogP contribution in [0.15, 0.2) is 22.7 Å². The maximum atomic E-state index is 3.58. The van der Waals surface area contributed by atoms with Gasteiger partial charge in [-0.25, -0.2) is 0 Å². The summed E-state index contributed by atoms with van der Waals surface area (Å²) in [5.74, 6) is 0. The number of rotatable bonds is 8. The van der Waals surface area contributed by atoms with Crippen LogP contribution in [-0.4, -0.2) is 45.7 Å². The van der Waals surface area contributed by atoms with Crippen LogP contribution in [0.2, 0.25) is 0 Å². The molecule has 108 valence electrons. The van der Waals surface area contributed by atoms with Crippen molar-refractivity contribution in [1.29, 1.82) is 0 Å². The molecule has 0 aliphatic carbocycles. The lowest BCUT2D eigenvalue weighted by Gasteiger charge is -2.26. The van der Waals surface area contributed by atoms with Gasteiger partial charge in [0.1, 0.15) is 0 Å². The number of anilines is 1. The predicted molar refractivity (Wildman–Crippen MR) is 88.0 cm³/mol. The lowest BCUT2D eigenvalue weighted by atomic mass is 10.1. The van der Waals surface area contributed by atoms with Crippen LogP contribution in [0.3, 0.4) is 0 Å². The largest absolute Gasteiger partial charge is 0.371 e. The molecule has 3 nitrogen and oxygen atoms in total. The lowest BCUT2D eigenvalue weighted by Crippen LogP contribution is -2.28. The van der Waals surface area contributed by atoms with E-state index in [9.17, 15) is 0 Å². The van der Waals surface area contributed by atoms with Crippen molar-refractivity contribution in [2.75, 3.05) is 45.7 Å². The van der Waals surface area contributed by atoms with Gasteiger partial charge in [-0.2, -0.15) is 0 Å². The summed E-state index contributed by atoms with van der Waals surface area (Å²) in [7, 11) is 6.25. The maximum absolute atomic E-state index is 3.58. The molecule has 0 aliphatic rings. The summed E-state index contributed by atoms with van der Waals surface area (Å²) in [6.07, 6.45) is 1.19. The van der Waals surface area contributed by atoms with Gasteiger partial charge < -0.3 is 15.1 Å². The predicted octanol–water partition coefficient (Wildman–Crippen LogP) is 2.95. The third-order valence-electron chi connectivity index (χ3n) is 3.17. The smallest absolute Gasteiger partial charge is 0.0423 e. The van der Waals surface area contributed by atoms with E-state index in [1.165, 1.54) is 17.7 Å². The zero-order valence-corrected chi connectivity index (χ0v) is 14.1. The molecule has 0 saturated heterocycles. The van der Waals surface area contributed by atoms with Gasteiger partial charge in [-0.3, -0.25) is 0 Å². The quantitative estimate of drug-likeness (QED) is 0.792. The summed E-state index contributed by atoms with van der Waals surface area (Å²) in [6, 6.07) is 6.54. The van der Waals surface area contributed by atoms with E-state index in [4.69, 9.17) is 0 Å². The topological polar surface area (TPSA) is 18.5 Å². The lowest BCUT2D eigenvalue weighted by molar-refractivity contribution is 0.400. The van der Waals surface area contributed by atoms with Gasteiger partial charge in [0.05, 0.1) is 0 Å². The molecular weight excluding hydrogens is 302 g/mol. The van der Waals surface area contributed by atoms with Crippen LogP contribution in [0.1, 0.15) is 18.9 Å². The first kappa shape index (κ1) is 16.5. The van der Waals surface area contributed by atoms with Crippen LogP contribution >= 0.6 is 15.9 Å². The zero-order valence-electron chi connectivity index (χ0n) is 12.5. The molecule has 0 heterocycles. The monoisotopic (exact) mass is 327 g/mol. The Morgan fingerprint density at radius 1 is 1.21 bits per heavy atom. The molecule has 0 aliphatic heterocycles. The zero-order chi connectivity index (χ0) is 14.3. The molecule has 0 fully saturated rings. The van der Waals surface area contributed by atoms with Gasteiger partial charge in [0.15, 0.2) is 0 Å². The molecular formula is C15H26BrN3. The Kier molecular flexibility index (Phi) is 7.42. The van der Waals surface area contributed by atoms with E-state index in [0.717, 1.165) is 30.7 Å². The van der Waals surface area contributed by atoms with Gasteiger partial charge in [-0.15, -0.1) is 0 Å². The van der Waals surface area contributed by atoms with Crippen molar-refractivity contribution in [1.82, 2.24) is 10.2 Å². The highest BCUT2D eigenvalue weighted by atomic mass is 79.9. The second-order valence-electron chi connectivity index (χ2n) is 5.04. The van der Waals surface area contributed by atoms with Crippen molar-refractivity contribution in [3.63, 3.8) is 0 Å². The minimum atomic E-state index is 0.910. The van der Waals surface area contributed by atoms with E-state index < -0.39 is 0 Å². The molecule has 1 aromatic carbocycles. The van der Waals surface area contributed by atoms with Crippen molar-refractivity contribution in [2.45, 2.75) is 19.9 Å². The fourth-order valence-corrected chi connectivity index (χ4v) is 2.55. The minimum absolute atomic E-state index is 0.910. The Labute approximate surface area is 126 Å². The third kappa shape index (κ3) is 5.51. The molecule has 4 heteroatoms. The van der Waals surface area contributed by atoms with E-state index in [2.05, 4.69) is 70.3 Å². The second-order valence-corrected chi connectivity index (χ2v) is 5.96. The highest BCUT2D eigenvalue weighted by Gasteiger charge is 2.10. The van der Waals surface area contributed by atoms with Crippen LogP contribution in [-0.2, 0) is 6.54 Å². The van der Waals surface area contributed by atoms with Gasteiger partial charge in [0.25, 0.3) is 0 Å². The number of nitrogens with one attached hydrogen (secondary N) is 1. The highest BCUT2D eigenvalue weighted by molar-refractivity contribution is 9.10. The van der Waals surface area contributed by atoms with E-state index in [-0.39, 0.29) is 0 Å². The average Bonchev–Trinajstić information content (AvgIpc) is 2.37. The van der Waals surface area contributed by atoms with Gasteiger partial charge in [0, 0.05) is 29.8 Å². The van der Waals surface area contributed by atoms with Crippen LogP contribution in [0.5, 0.6) is 0 Å². The standard InChI is InChI=1S/C15H26BrN3/c1-5-19(10-6-9-18(3)4)15-11-14(16)8-7-13(15)12-17-2/h7-8,11,17H,5-6,9-10,12H2,1-4H3. The Morgan fingerprint density at radius 2 is 1.95 bits per heavy atom. The fraction of sp³-hybridized carbons (Fsp3) is 0.600. The Bertz CT molecular complexity index is 380. The first-order valence-electron chi connectivity index (χ1n) is 6.91. The fourth-order valence-electron chi connectivity index (χ4n) is 2.20. The number of nitrogens with zero attached hydrogens (tertiary/aromatic N) is 2. The SMILES string of the molecule is CCN(CCCN(C)C)c1cc(Br)ccc1CNC. The van der Waals surface area contributed by atoms with E-state index >= 15 is 0 Å². The Balaban J connectivity index is 2.80. The van der Waals surface area contributed by atoms with Crippen LogP contribution in [0, 0.1) is 0 Å². The van der Waals surface area contributed by atoms with Crippen molar-refractivity contribution >= 4 is 21.6 Å². The molecule has 0 aromatic heterocycles. The van der Waals surface area contributed by atoms with E-state index in [1.807, 2.05) is 7.05 Å². The Morgan fingerprint density at radius 3 is 2.53 bits per heavy atom. The minimum Gasteiger partial charge on any atom is -0.371 e. The summed E-state index contributed by atoms with van der Waals surface area (Å²) in [6.45, 7) is 6.40. The van der Waals surface area contributed by atoms with Crippen LogP contribution < -0.4 is 10.2 Å². The molecule has 1 aromatic rings. The van der Waals surface area contributed by atoms with Gasteiger partial charge >= 0.3 is 0 Å². The molecule has 0 spiro atoms. The molecule has 19 heavy (non-hydrogen) atoms. The molecule has 0 saturated carbocycles. The molecule has 0 amide bonds. The normalized spacial score (nSPS) is 11.1. The van der Waals surface area contributed by atoms with Crippen LogP contribution in [0.4, 0.5) is 5.69 Å². The van der Waals surface area contributed by atoms with E-state index in [0.29, 0.717) is 0 Å². The van der Waals surface area contributed by atoms with Gasteiger partial charge in [-0.1, -0.05) is 22.0 Å². The molecule has 0 unspecified atom stereocenters. The second kappa shape index (κ2) is 8.56. The Hall–Kier alpha value is -0.580. The number of halogens is 1. The third-order valence-corrected chi connectivity index (χ3v) is 3.66. The molecule has 0 radical (unpaired) electrons. The number of hydrogen-bond acceptors (Lipinski definition) is 3. The van der Waals surface area contributed by atoms with Gasteiger partial charge in [-0.05, 0) is 58.7 Å². The van der Waals surface area contributed by atoms with Crippen molar-refractivity contribution in [2.24, 2.45) is 0 Å². The van der Waals surface area contributed by atoms with Crippen molar-refractivity contribution in [3.05, 3.63) is 28.2 Å². The summed E-state index contributed by atoms with van der Waals surface area (Å²) >= 11 is 3.58.